The number of fused-ring (bicyclic) bond motifs is 3. The van der Waals surface area contributed by atoms with Crippen molar-refractivity contribution in [2.45, 2.75) is 43.9 Å². The van der Waals surface area contributed by atoms with E-state index < -0.39 is 65.5 Å². The van der Waals surface area contributed by atoms with E-state index >= 15 is 0 Å². The molecule has 5 amide bonds. The van der Waals surface area contributed by atoms with Gasteiger partial charge < -0.3 is 46.3 Å². The molecule has 0 saturated carbocycles. The third-order valence-electron chi connectivity index (χ3n) is 13.1. The second kappa shape index (κ2) is 23.0. The van der Waals surface area contributed by atoms with Crippen molar-refractivity contribution in [1.82, 2.24) is 10.6 Å². The van der Waals surface area contributed by atoms with Gasteiger partial charge in [0.05, 0.1) is 29.3 Å². The van der Waals surface area contributed by atoms with Crippen molar-refractivity contribution in [1.29, 1.82) is 0 Å². The summed E-state index contributed by atoms with van der Waals surface area (Å²) in [5.74, 6) is -4.78. The van der Waals surface area contributed by atoms with Crippen LogP contribution in [0.25, 0.3) is 11.1 Å². The smallest absolute Gasteiger partial charge is 0.407 e. The monoisotopic (exact) mass is 1030 g/mol. The van der Waals surface area contributed by atoms with E-state index in [0.717, 1.165) is 38.9 Å². The molecule has 0 unspecified atom stereocenters. The summed E-state index contributed by atoms with van der Waals surface area (Å²) >= 11 is 0. The van der Waals surface area contributed by atoms with Crippen LogP contribution in [0.3, 0.4) is 0 Å². The molecule has 1 aliphatic carbocycles. The van der Waals surface area contributed by atoms with Crippen LogP contribution in [0.4, 0.5) is 21.9 Å². The van der Waals surface area contributed by atoms with Gasteiger partial charge in [-0.2, -0.15) is 0 Å². The molecule has 8 aromatic rings. The standard InChI is InChI=1S/C62H53N5O10/c1-38(2)77-56-52(35-34-50(55(56)69)58(71)63-44-32-28-40(29-33-44)60(73)74)65-57(70)39-26-30-45(31-27-39)64-59(72)53(66-61(75)76-37-51-48-24-14-12-22-46(48)47-23-13-15-25-49(47)51)36-54(68)67-62(41-16-6-3-7-17-41,42-18-8-4-9-19-42)43-20-10-5-11-21-43/h3-35,38,51,53,69H,36-37H2,1-2H3,(H,63,71)(H,64,72)(H,65,70)(H,66,75)(H,67,68)(H,73,74)/t53-/m0/s1. The Hall–Kier alpha value is -10.0. The van der Waals surface area contributed by atoms with E-state index in [9.17, 15) is 39.0 Å². The van der Waals surface area contributed by atoms with E-state index in [0.29, 0.717) is 0 Å². The maximum absolute atomic E-state index is 14.7. The molecule has 0 spiro atoms. The van der Waals surface area contributed by atoms with Gasteiger partial charge in [0.2, 0.25) is 11.8 Å². The first-order valence-electron chi connectivity index (χ1n) is 24.8. The van der Waals surface area contributed by atoms with E-state index in [1.807, 2.05) is 140 Å². The summed E-state index contributed by atoms with van der Waals surface area (Å²) in [6.07, 6.45) is -1.92. The molecule has 0 aromatic heterocycles. The van der Waals surface area contributed by atoms with Gasteiger partial charge in [-0.15, -0.1) is 0 Å². The number of carbonyl (C=O) groups is 6. The van der Waals surface area contributed by atoms with Crippen molar-refractivity contribution in [2.24, 2.45) is 0 Å². The van der Waals surface area contributed by atoms with Gasteiger partial charge in [0.15, 0.2) is 11.5 Å². The molecular formula is C62H53N5O10. The molecule has 0 radical (unpaired) electrons. The second-order valence-electron chi connectivity index (χ2n) is 18.5. The average molecular weight is 1030 g/mol. The molecule has 7 N–H and O–H groups in total. The minimum atomic E-state index is -1.47. The highest BCUT2D eigenvalue weighted by molar-refractivity contribution is 6.10. The number of phenols is 1. The zero-order valence-corrected chi connectivity index (χ0v) is 41.9. The highest BCUT2D eigenvalue weighted by Gasteiger charge is 2.39. The molecule has 15 nitrogen and oxygen atoms in total. The number of carboxylic acid groups (broad SMARTS) is 1. The van der Waals surface area contributed by atoms with E-state index in [1.54, 1.807) is 13.8 Å². The zero-order valence-electron chi connectivity index (χ0n) is 41.9. The number of carbonyl (C=O) groups excluding carboxylic acids is 5. The lowest BCUT2D eigenvalue weighted by atomic mass is 9.77. The molecule has 0 fully saturated rings. The first kappa shape index (κ1) is 51.9. The SMILES string of the molecule is CC(C)Oc1c(NC(=O)c2ccc(NC(=O)[C@H](CC(=O)NC(c3ccccc3)(c3ccccc3)c3ccccc3)NC(=O)OCC3c4ccccc4-c4ccccc43)cc2)ccc(C(=O)Nc2ccc(C(=O)O)cc2)c1O. The number of ether oxygens (including phenoxy) is 2. The summed E-state index contributed by atoms with van der Waals surface area (Å²) < 4.78 is 11.7. The van der Waals surface area contributed by atoms with Crippen LogP contribution in [0.15, 0.2) is 200 Å². The number of rotatable bonds is 18. The Morgan fingerprint density at radius 2 is 1.05 bits per heavy atom. The third kappa shape index (κ3) is 11.5. The highest BCUT2D eigenvalue weighted by atomic mass is 16.5. The van der Waals surface area contributed by atoms with Gasteiger partial charge in [-0.25, -0.2) is 9.59 Å². The lowest BCUT2D eigenvalue weighted by Crippen LogP contribution is -2.52. The Bertz CT molecular complexity index is 3320. The summed E-state index contributed by atoms with van der Waals surface area (Å²) in [5, 5.41) is 34.6. The largest absolute Gasteiger partial charge is 0.504 e. The summed E-state index contributed by atoms with van der Waals surface area (Å²) in [4.78, 5) is 81.3. The van der Waals surface area contributed by atoms with Gasteiger partial charge in [-0.3, -0.25) is 19.2 Å². The molecule has 8 aromatic carbocycles. The Balaban J connectivity index is 0.943. The lowest BCUT2D eigenvalue weighted by molar-refractivity contribution is -0.126. The summed E-state index contributed by atoms with van der Waals surface area (Å²) in [6, 6.07) is 56.8. The minimum absolute atomic E-state index is 0.0264. The van der Waals surface area contributed by atoms with Crippen molar-refractivity contribution in [3.8, 4) is 22.6 Å². The molecule has 9 rings (SSSR count). The fourth-order valence-electron chi connectivity index (χ4n) is 9.45. The van der Waals surface area contributed by atoms with Crippen LogP contribution in [-0.2, 0) is 19.9 Å². The van der Waals surface area contributed by atoms with Crippen molar-refractivity contribution in [2.75, 3.05) is 22.6 Å². The number of anilines is 3. The van der Waals surface area contributed by atoms with E-state index in [-0.39, 0.29) is 52.0 Å². The van der Waals surface area contributed by atoms with Crippen LogP contribution >= 0.6 is 0 Å². The van der Waals surface area contributed by atoms with Gasteiger partial charge in [-0.1, -0.05) is 140 Å². The number of benzene rings is 8. The molecular weight excluding hydrogens is 975 g/mol. The summed E-state index contributed by atoms with van der Waals surface area (Å²) in [7, 11) is 0. The maximum atomic E-state index is 14.7. The molecule has 0 aliphatic heterocycles. The number of amides is 5. The first-order valence-corrected chi connectivity index (χ1v) is 24.8. The number of phenolic OH excluding ortho intramolecular Hbond substituents is 1. The topological polar surface area (TPSA) is 221 Å². The van der Waals surface area contributed by atoms with E-state index in [1.165, 1.54) is 60.7 Å². The van der Waals surface area contributed by atoms with E-state index in [4.69, 9.17) is 9.47 Å². The minimum Gasteiger partial charge on any atom is -0.504 e. The van der Waals surface area contributed by atoms with Crippen LogP contribution in [0, 0.1) is 0 Å². The molecule has 0 bridgehead atoms. The zero-order chi connectivity index (χ0) is 54.1. The normalized spacial score (nSPS) is 12.0. The number of hydrogen-bond donors (Lipinski definition) is 7. The van der Waals surface area contributed by atoms with Gasteiger partial charge in [-0.05, 0) is 113 Å². The van der Waals surface area contributed by atoms with Crippen LogP contribution in [0.1, 0.15) is 85.1 Å². The number of aromatic hydroxyl groups is 1. The molecule has 1 aliphatic rings. The van der Waals surface area contributed by atoms with Crippen LogP contribution < -0.4 is 31.3 Å². The number of aromatic carboxylic acids is 1. The average Bonchev–Trinajstić information content (AvgIpc) is 3.79. The molecule has 1 atom stereocenters. The molecule has 77 heavy (non-hydrogen) atoms. The Morgan fingerprint density at radius 1 is 0.558 bits per heavy atom. The summed E-state index contributed by atoms with van der Waals surface area (Å²) in [5.41, 5.74) is 5.67. The van der Waals surface area contributed by atoms with Crippen molar-refractivity contribution < 1.29 is 48.5 Å². The van der Waals surface area contributed by atoms with Gasteiger partial charge >= 0.3 is 12.1 Å². The van der Waals surface area contributed by atoms with Gasteiger partial charge in [0.1, 0.15) is 18.2 Å². The Morgan fingerprint density at radius 3 is 1.57 bits per heavy atom. The third-order valence-corrected chi connectivity index (χ3v) is 13.1. The molecule has 15 heteroatoms. The Kier molecular flexibility index (Phi) is 15.5. The molecule has 386 valence electrons. The van der Waals surface area contributed by atoms with Crippen molar-refractivity contribution in [3.63, 3.8) is 0 Å². The molecule has 0 saturated heterocycles. The maximum Gasteiger partial charge on any atom is 0.407 e. The van der Waals surface area contributed by atoms with Crippen LogP contribution in [-0.4, -0.2) is 64.7 Å². The first-order chi connectivity index (χ1) is 37.3. The highest BCUT2D eigenvalue weighted by Crippen LogP contribution is 2.45. The second-order valence-corrected chi connectivity index (χ2v) is 18.5. The Labute approximate surface area is 443 Å². The number of hydrogen-bond acceptors (Lipinski definition) is 9. The van der Waals surface area contributed by atoms with Crippen LogP contribution in [0.5, 0.6) is 11.5 Å². The van der Waals surface area contributed by atoms with E-state index in [2.05, 4.69) is 26.6 Å². The number of carboxylic acids is 1. The number of nitrogens with one attached hydrogen (secondary N) is 5. The van der Waals surface area contributed by atoms with Crippen molar-refractivity contribution >= 4 is 52.8 Å². The number of alkyl carbamates (subject to hydrolysis) is 1. The molecule has 0 heterocycles. The van der Waals surface area contributed by atoms with Crippen LogP contribution in [0.2, 0.25) is 0 Å². The quantitative estimate of drug-likeness (QED) is 0.0403. The van der Waals surface area contributed by atoms with Gasteiger partial charge in [0, 0.05) is 22.9 Å². The summed E-state index contributed by atoms with van der Waals surface area (Å²) in [6.45, 7) is 3.36. The lowest BCUT2D eigenvalue weighted by Gasteiger charge is -2.37. The fourth-order valence-corrected chi connectivity index (χ4v) is 9.45. The predicted octanol–water partition coefficient (Wildman–Crippen LogP) is 10.7. The fraction of sp³-hybridized carbons (Fsp3) is 0.129. The van der Waals surface area contributed by atoms with Gasteiger partial charge in [0.25, 0.3) is 11.8 Å². The van der Waals surface area contributed by atoms with Crippen molar-refractivity contribution in [3.05, 3.63) is 245 Å². The predicted molar refractivity (Wildman–Crippen MR) is 292 cm³/mol.